The Morgan fingerprint density at radius 3 is 2.95 bits per heavy atom. The Morgan fingerprint density at radius 1 is 1.50 bits per heavy atom. The second-order valence-corrected chi connectivity index (χ2v) is 6.61. The summed E-state index contributed by atoms with van der Waals surface area (Å²) in [6.07, 6.45) is 1.66. The van der Waals surface area contributed by atoms with Crippen LogP contribution in [0.5, 0.6) is 0 Å². The number of rotatable bonds is 5. The van der Waals surface area contributed by atoms with Crippen LogP contribution < -0.4 is 10.9 Å². The van der Waals surface area contributed by atoms with Gasteiger partial charge in [0.05, 0.1) is 17.4 Å². The highest BCUT2D eigenvalue weighted by Crippen LogP contribution is 2.14. The SMILES string of the molecule is CC(CS(C)=O)NCc1nc2cc(Cl)ccc2c(=O)[nH]1. The van der Waals surface area contributed by atoms with Crippen molar-refractivity contribution in [2.45, 2.75) is 19.5 Å². The molecule has 0 amide bonds. The summed E-state index contributed by atoms with van der Waals surface area (Å²) >= 11 is 5.91. The first-order valence-electron chi connectivity index (χ1n) is 6.17. The topological polar surface area (TPSA) is 74.8 Å². The van der Waals surface area contributed by atoms with Gasteiger partial charge in [0.2, 0.25) is 0 Å². The summed E-state index contributed by atoms with van der Waals surface area (Å²) in [5, 5.41) is 4.24. The first kappa shape index (κ1) is 15.2. The number of hydrogen-bond donors (Lipinski definition) is 2. The molecule has 108 valence electrons. The largest absolute Gasteiger partial charge is 0.309 e. The Kier molecular flexibility index (Phi) is 4.91. The van der Waals surface area contributed by atoms with Crippen LogP contribution in [0, 0.1) is 0 Å². The van der Waals surface area contributed by atoms with Crippen molar-refractivity contribution in [2.75, 3.05) is 12.0 Å². The van der Waals surface area contributed by atoms with Gasteiger partial charge in [-0.15, -0.1) is 0 Å². The Morgan fingerprint density at radius 2 is 2.25 bits per heavy atom. The van der Waals surface area contributed by atoms with E-state index in [1.807, 2.05) is 6.92 Å². The standard InChI is InChI=1S/C13H16ClN3O2S/c1-8(7-20(2)19)15-6-12-16-11-5-9(14)3-4-10(11)13(18)17-12/h3-5,8,15H,6-7H2,1-2H3,(H,16,17,18). The fraction of sp³-hybridized carbons (Fsp3) is 0.385. The molecule has 1 aromatic heterocycles. The number of halogens is 1. The molecular formula is C13H16ClN3O2S. The van der Waals surface area contributed by atoms with Gasteiger partial charge in [0, 0.05) is 33.9 Å². The summed E-state index contributed by atoms with van der Waals surface area (Å²) < 4.78 is 11.1. The first-order chi connectivity index (χ1) is 9.45. The summed E-state index contributed by atoms with van der Waals surface area (Å²) in [7, 11) is -0.856. The lowest BCUT2D eigenvalue weighted by molar-refractivity contribution is 0.572. The predicted molar refractivity (Wildman–Crippen MR) is 82.6 cm³/mol. The number of H-pyrrole nitrogens is 1. The van der Waals surface area contributed by atoms with Crippen LogP contribution in [0.4, 0.5) is 0 Å². The number of nitrogens with one attached hydrogen (secondary N) is 2. The number of aromatic nitrogens is 2. The Hall–Kier alpha value is -1.24. The molecule has 0 fully saturated rings. The van der Waals surface area contributed by atoms with Crippen molar-refractivity contribution in [3.05, 3.63) is 39.4 Å². The van der Waals surface area contributed by atoms with Gasteiger partial charge in [0.15, 0.2) is 0 Å². The molecule has 0 bridgehead atoms. The van der Waals surface area contributed by atoms with Crippen molar-refractivity contribution in [3.63, 3.8) is 0 Å². The molecule has 2 unspecified atom stereocenters. The fourth-order valence-corrected chi connectivity index (χ4v) is 2.91. The van der Waals surface area contributed by atoms with E-state index in [-0.39, 0.29) is 11.6 Å². The van der Waals surface area contributed by atoms with Crippen molar-refractivity contribution in [3.8, 4) is 0 Å². The van der Waals surface area contributed by atoms with Crippen LogP contribution in [0.25, 0.3) is 10.9 Å². The van der Waals surface area contributed by atoms with Crippen LogP contribution in [0.15, 0.2) is 23.0 Å². The third kappa shape index (κ3) is 3.88. The Balaban J connectivity index is 2.19. The van der Waals surface area contributed by atoms with Crippen molar-refractivity contribution < 1.29 is 4.21 Å². The van der Waals surface area contributed by atoms with E-state index >= 15 is 0 Å². The summed E-state index contributed by atoms with van der Waals surface area (Å²) in [6, 6.07) is 5.07. The maximum absolute atomic E-state index is 11.9. The van der Waals surface area contributed by atoms with Gasteiger partial charge < -0.3 is 10.3 Å². The Bertz CT molecular complexity index is 702. The van der Waals surface area contributed by atoms with E-state index in [0.717, 1.165) is 0 Å². The lowest BCUT2D eigenvalue weighted by Gasteiger charge is -2.11. The van der Waals surface area contributed by atoms with Gasteiger partial charge in [0.25, 0.3) is 5.56 Å². The van der Waals surface area contributed by atoms with Gasteiger partial charge in [-0.05, 0) is 25.1 Å². The van der Waals surface area contributed by atoms with Crippen LogP contribution in [0.2, 0.25) is 5.02 Å². The molecular weight excluding hydrogens is 298 g/mol. The smallest absolute Gasteiger partial charge is 0.258 e. The van der Waals surface area contributed by atoms with Crippen LogP contribution in [-0.2, 0) is 17.3 Å². The zero-order valence-electron chi connectivity index (χ0n) is 11.3. The molecule has 0 aliphatic carbocycles. The summed E-state index contributed by atoms with van der Waals surface area (Å²) in [4.78, 5) is 19.0. The summed E-state index contributed by atoms with van der Waals surface area (Å²) in [6.45, 7) is 2.35. The minimum Gasteiger partial charge on any atom is -0.309 e. The second-order valence-electron chi connectivity index (χ2n) is 4.70. The highest BCUT2D eigenvalue weighted by atomic mass is 35.5. The van der Waals surface area contributed by atoms with Gasteiger partial charge in [0.1, 0.15) is 5.82 Å². The van der Waals surface area contributed by atoms with Crippen molar-refractivity contribution in [1.29, 1.82) is 0 Å². The molecule has 0 radical (unpaired) electrons. The molecule has 0 spiro atoms. The molecule has 2 atom stereocenters. The molecule has 0 aliphatic heterocycles. The zero-order chi connectivity index (χ0) is 14.7. The van der Waals surface area contributed by atoms with Gasteiger partial charge in [-0.25, -0.2) is 4.98 Å². The van der Waals surface area contributed by atoms with Crippen LogP contribution in [-0.4, -0.2) is 32.2 Å². The Labute approximate surface area is 124 Å². The lowest BCUT2D eigenvalue weighted by atomic mass is 10.2. The monoisotopic (exact) mass is 313 g/mol. The van der Waals surface area contributed by atoms with Crippen molar-refractivity contribution in [2.24, 2.45) is 0 Å². The van der Waals surface area contributed by atoms with Gasteiger partial charge in [-0.3, -0.25) is 9.00 Å². The molecule has 2 aromatic rings. The van der Waals surface area contributed by atoms with E-state index in [4.69, 9.17) is 11.6 Å². The van der Waals surface area contributed by atoms with E-state index in [2.05, 4.69) is 15.3 Å². The molecule has 0 aliphatic rings. The minimum atomic E-state index is -0.856. The maximum Gasteiger partial charge on any atom is 0.258 e. The van der Waals surface area contributed by atoms with E-state index in [9.17, 15) is 9.00 Å². The molecule has 20 heavy (non-hydrogen) atoms. The van der Waals surface area contributed by atoms with E-state index in [0.29, 0.717) is 34.0 Å². The predicted octanol–water partition coefficient (Wildman–Crippen LogP) is 1.43. The van der Waals surface area contributed by atoms with E-state index < -0.39 is 10.8 Å². The maximum atomic E-state index is 11.9. The highest BCUT2D eigenvalue weighted by molar-refractivity contribution is 7.84. The minimum absolute atomic E-state index is 0.0844. The third-order valence-corrected chi connectivity index (χ3v) is 4.02. The fourth-order valence-electron chi connectivity index (χ4n) is 1.93. The molecule has 2 N–H and O–H groups in total. The molecule has 5 nitrogen and oxygen atoms in total. The number of fused-ring (bicyclic) bond motifs is 1. The molecule has 0 saturated carbocycles. The molecule has 7 heteroatoms. The quantitative estimate of drug-likeness (QED) is 0.876. The second kappa shape index (κ2) is 6.47. The van der Waals surface area contributed by atoms with Crippen molar-refractivity contribution >= 4 is 33.3 Å². The molecule has 1 aromatic carbocycles. The number of hydrogen-bond acceptors (Lipinski definition) is 4. The summed E-state index contributed by atoms with van der Waals surface area (Å²) in [5.41, 5.74) is 0.389. The average molecular weight is 314 g/mol. The third-order valence-electron chi connectivity index (χ3n) is 2.82. The van der Waals surface area contributed by atoms with Gasteiger partial charge >= 0.3 is 0 Å². The van der Waals surface area contributed by atoms with Crippen LogP contribution >= 0.6 is 11.6 Å². The average Bonchev–Trinajstić information content (AvgIpc) is 2.35. The van der Waals surface area contributed by atoms with Gasteiger partial charge in [-0.2, -0.15) is 0 Å². The highest BCUT2D eigenvalue weighted by Gasteiger charge is 2.07. The van der Waals surface area contributed by atoms with Crippen molar-refractivity contribution in [1.82, 2.24) is 15.3 Å². The molecule has 1 heterocycles. The van der Waals surface area contributed by atoms with Gasteiger partial charge in [-0.1, -0.05) is 11.6 Å². The normalized spacial score (nSPS) is 14.3. The number of nitrogens with zero attached hydrogens (tertiary/aromatic N) is 1. The zero-order valence-corrected chi connectivity index (χ0v) is 12.8. The lowest BCUT2D eigenvalue weighted by Crippen LogP contribution is -2.31. The molecule has 2 rings (SSSR count). The van der Waals surface area contributed by atoms with E-state index in [1.54, 1.807) is 24.5 Å². The van der Waals surface area contributed by atoms with Crippen LogP contribution in [0.3, 0.4) is 0 Å². The van der Waals surface area contributed by atoms with Crippen LogP contribution in [0.1, 0.15) is 12.7 Å². The number of aromatic amines is 1. The summed E-state index contributed by atoms with van der Waals surface area (Å²) in [5.74, 6) is 1.10. The van der Waals surface area contributed by atoms with E-state index in [1.165, 1.54) is 0 Å². The number of benzene rings is 1. The first-order valence-corrected chi connectivity index (χ1v) is 8.28. The molecule has 0 saturated heterocycles.